The van der Waals surface area contributed by atoms with Gasteiger partial charge >= 0.3 is 0 Å². The Balaban J connectivity index is 2.07. The number of thiocarbonyl (C=S) groups is 1. The number of benzene rings is 2. The highest BCUT2D eigenvalue weighted by atomic mass is 32.1. The second-order valence-corrected chi connectivity index (χ2v) is 4.68. The number of non-ortho nitro benzene ring substituents is 1. The summed E-state index contributed by atoms with van der Waals surface area (Å²) in [6.45, 7) is 0.261. The largest absolute Gasteiger partial charge is 0.507 e. The van der Waals surface area contributed by atoms with Gasteiger partial charge in [0.1, 0.15) is 16.6 Å². The van der Waals surface area contributed by atoms with E-state index in [0.717, 1.165) is 6.07 Å². The highest BCUT2D eigenvalue weighted by Crippen LogP contribution is 2.19. The van der Waals surface area contributed by atoms with Crippen molar-refractivity contribution >= 4 is 22.9 Å². The van der Waals surface area contributed by atoms with Crippen LogP contribution in [0.4, 0.5) is 10.1 Å². The molecule has 0 amide bonds. The monoisotopic (exact) mass is 306 g/mol. The third kappa shape index (κ3) is 3.73. The summed E-state index contributed by atoms with van der Waals surface area (Å²) < 4.78 is 12.9. The summed E-state index contributed by atoms with van der Waals surface area (Å²) in [4.78, 5) is 10.4. The normalized spacial score (nSPS) is 10.1. The number of hydrogen-bond acceptors (Lipinski definition) is 4. The van der Waals surface area contributed by atoms with Gasteiger partial charge in [-0.2, -0.15) is 0 Å². The maximum absolute atomic E-state index is 12.9. The quantitative estimate of drug-likeness (QED) is 0.516. The van der Waals surface area contributed by atoms with E-state index in [1.54, 1.807) is 12.1 Å². The molecule has 0 aliphatic carbocycles. The lowest BCUT2D eigenvalue weighted by atomic mass is 10.1. The Hall–Kier alpha value is -2.54. The molecule has 0 spiro atoms. The molecule has 7 heteroatoms. The molecule has 0 fully saturated rings. The highest BCUT2D eigenvalue weighted by Gasteiger charge is 2.09. The number of nitrogens with one attached hydrogen (secondary N) is 1. The molecule has 21 heavy (non-hydrogen) atoms. The first-order valence-electron chi connectivity index (χ1n) is 5.97. The Bertz CT molecular complexity index is 706. The number of halogens is 1. The summed E-state index contributed by atoms with van der Waals surface area (Å²) >= 11 is 5.11. The molecule has 5 nitrogen and oxygen atoms in total. The predicted molar refractivity (Wildman–Crippen MR) is 79.7 cm³/mol. The molecule has 0 saturated carbocycles. The van der Waals surface area contributed by atoms with Crippen LogP contribution in [-0.4, -0.2) is 15.0 Å². The molecule has 2 aromatic carbocycles. The Morgan fingerprint density at radius 1 is 1.33 bits per heavy atom. The Morgan fingerprint density at radius 3 is 2.76 bits per heavy atom. The SMILES string of the molecule is O=[N+]([O-])c1cccc(CNC(=S)c2ccc(F)cc2O)c1. The first-order valence-corrected chi connectivity index (χ1v) is 6.38. The summed E-state index contributed by atoms with van der Waals surface area (Å²) in [5.74, 6) is -0.815. The molecule has 0 unspecified atom stereocenters. The van der Waals surface area contributed by atoms with E-state index in [2.05, 4.69) is 5.32 Å². The summed E-state index contributed by atoms with van der Waals surface area (Å²) in [6, 6.07) is 9.65. The van der Waals surface area contributed by atoms with Crippen LogP contribution in [0.3, 0.4) is 0 Å². The van der Waals surface area contributed by atoms with Gasteiger partial charge < -0.3 is 10.4 Å². The topological polar surface area (TPSA) is 75.4 Å². The van der Waals surface area contributed by atoms with Crippen LogP contribution in [0.2, 0.25) is 0 Å². The van der Waals surface area contributed by atoms with Gasteiger partial charge in [-0.3, -0.25) is 10.1 Å². The molecule has 0 radical (unpaired) electrons. The van der Waals surface area contributed by atoms with Gasteiger partial charge in [0.15, 0.2) is 0 Å². The lowest BCUT2D eigenvalue weighted by Gasteiger charge is -2.09. The number of rotatable bonds is 4. The van der Waals surface area contributed by atoms with Gasteiger partial charge in [-0.25, -0.2) is 4.39 Å². The van der Waals surface area contributed by atoms with Gasteiger partial charge in [0.2, 0.25) is 0 Å². The Labute approximate surface area is 125 Å². The number of nitro groups is 1. The third-order valence-corrected chi connectivity index (χ3v) is 3.14. The van der Waals surface area contributed by atoms with Crippen molar-refractivity contribution in [2.24, 2.45) is 0 Å². The van der Waals surface area contributed by atoms with Crippen LogP contribution in [0.25, 0.3) is 0 Å². The van der Waals surface area contributed by atoms with Crippen LogP contribution in [0.1, 0.15) is 11.1 Å². The fourth-order valence-electron chi connectivity index (χ4n) is 1.75. The number of hydrogen-bond donors (Lipinski definition) is 2. The number of nitrogens with zero attached hydrogens (tertiary/aromatic N) is 1. The molecule has 108 valence electrons. The van der Waals surface area contributed by atoms with Crippen LogP contribution in [0.5, 0.6) is 5.75 Å². The van der Waals surface area contributed by atoms with Crippen LogP contribution in [0, 0.1) is 15.9 Å². The van der Waals surface area contributed by atoms with Gasteiger partial charge in [-0.15, -0.1) is 0 Å². The maximum atomic E-state index is 12.9. The molecular weight excluding hydrogens is 295 g/mol. The van der Waals surface area contributed by atoms with Crippen molar-refractivity contribution in [3.63, 3.8) is 0 Å². The first kappa shape index (κ1) is 14.9. The van der Waals surface area contributed by atoms with Crippen molar-refractivity contribution in [3.05, 3.63) is 69.5 Å². The van der Waals surface area contributed by atoms with Gasteiger partial charge in [-0.1, -0.05) is 24.4 Å². The van der Waals surface area contributed by atoms with E-state index in [1.165, 1.54) is 24.3 Å². The number of phenolic OH excluding ortho intramolecular Hbond substituents is 1. The molecule has 2 rings (SSSR count). The molecule has 0 aliphatic rings. The molecular formula is C14H11FN2O3S. The maximum Gasteiger partial charge on any atom is 0.269 e. The minimum absolute atomic E-state index is 0.00940. The molecule has 0 bridgehead atoms. The molecule has 0 saturated heterocycles. The van der Waals surface area contributed by atoms with Crippen LogP contribution >= 0.6 is 12.2 Å². The van der Waals surface area contributed by atoms with E-state index < -0.39 is 10.7 Å². The van der Waals surface area contributed by atoms with E-state index in [9.17, 15) is 19.6 Å². The Kier molecular flexibility index (Phi) is 4.44. The van der Waals surface area contributed by atoms with Crippen molar-refractivity contribution in [2.45, 2.75) is 6.54 Å². The van der Waals surface area contributed by atoms with E-state index in [4.69, 9.17) is 12.2 Å². The first-order chi connectivity index (χ1) is 9.97. The predicted octanol–water partition coefficient (Wildman–Crippen LogP) is 2.90. The highest BCUT2D eigenvalue weighted by molar-refractivity contribution is 7.80. The molecule has 0 aromatic heterocycles. The van der Waals surface area contributed by atoms with Crippen LogP contribution in [0.15, 0.2) is 42.5 Å². The van der Waals surface area contributed by atoms with E-state index >= 15 is 0 Å². The van der Waals surface area contributed by atoms with Crippen molar-refractivity contribution in [2.75, 3.05) is 0 Å². The minimum atomic E-state index is -0.558. The standard InChI is InChI=1S/C14H11FN2O3S/c15-10-4-5-12(13(18)7-10)14(21)16-8-9-2-1-3-11(6-9)17(19)20/h1-7,18H,8H2,(H,16,21). The van der Waals surface area contributed by atoms with Crippen LogP contribution in [-0.2, 0) is 6.54 Å². The molecule has 2 N–H and O–H groups in total. The van der Waals surface area contributed by atoms with Crippen molar-refractivity contribution in [1.29, 1.82) is 0 Å². The summed E-state index contributed by atoms with van der Waals surface area (Å²) in [6.07, 6.45) is 0. The van der Waals surface area contributed by atoms with Gasteiger partial charge in [-0.05, 0) is 17.7 Å². The van der Waals surface area contributed by atoms with Crippen LogP contribution < -0.4 is 5.32 Å². The zero-order valence-electron chi connectivity index (χ0n) is 10.7. The Morgan fingerprint density at radius 2 is 2.10 bits per heavy atom. The second kappa shape index (κ2) is 6.27. The number of nitro benzene ring substituents is 1. The van der Waals surface area contributed by atoms with E-state index in [0.29, 0.717) is 11.1 Å². The second-order valence-electron chi connectivity index (χ2n) is 4.27. The lowest BCUT2D eigenvalue weighted by molar-refractivity contribution is -0.384. The van der Waals surface area contributed by atoms with Gasteiger partial charge in [0.25, 0.3) is 5.69 Å². The minimum Gasteiger partial charge on any atom is -0.507 e. The summed E-state index contributed by atoms with van der Waals surface area (Å²) in [5, 5.41) is 23.2. The molecule has 2 aromatic rings. The molecule has 0 aliphatic heterocycles. The molecule has 0 atom stereocenters. The van der Waals surface area contributed by atoms with Crippen molar-refractivity contribution in [1.82, 2.24) is 5.32 Å². The van der Waals surface area contributed by atoms with Crippen molar-refractivity contribution in [3.8, 4) is 5.75 Å². The third-order valence-electron chi connectivity index (χ3n) is 2.78. The number of aromatic hydroxyl groups is 1. The molecule has 0 heterocycles. The van der Waals surface area contributed by atoms with Gasteiger partial charge in [0.05, 0.1) is 10.5 Å². The average molecular weight is 306 g/mol. The van der Waals surface area contributed by atoms with E-state index in [1.807, 2.05) is 0 Å². The smallest absolute Gasteiger partial charge is 0.269 e. The lowest BCUT2D eigenvalue weighted by Crippen LogP contribution is -2.21. The fraction of sp³-hybridized carbons (Fsp3) is 0.0714. The summed E-state index contributed by atoms with van der Waals surface area (Å²) in [5.41, 5.74) is 0.967. The fourth-order valence-corrected chi connectivity index (χ4v) is 2.00. The van der Waals surface area contributed by atoms with Gasteiger partial charge in [0, 0.05) is 24.7 Å². The zero-order valence-corrected chi connectivity index (χ0v) is 11.6. The zero-order chi connectivity index (χ0) is 15.4. The summed E-state index contributed by atoms with van der Waals surface area (Å²) in [7, 11) is 0. The average Bonchev–Trinajstić information content (AvgIpc) is 2.45. The van der Waals surface area contributed by atoms with Crippen molar-refractivity contribution < 1.29 is 14.4 Å². The number of phenols is 1. The van der Waals surface area contributed by atoms with E-state index in [-0.39, 0.29) is 23.0 Å².